The number of rotatable bonds is 6. The fourth-order valence-corrected chi connectivity index (χ4v) is 12.0. The van der Waals surface area contributed by atoms with Crippen molar-refractivity contribution in [2.24, 2.45) is 0 Å². The van der Waals surface area contributed by atoms with Crippen molar-refractivity contribution in [3.05, 3.63) is 224 Å². The Hall–Kier alpha value is -8.97. The zero-order valence-corrected chi connectivity index (χ0v) is 37.7. The molecular weight excluding hydrogens is 863 g/mol. The van der Waals surface area contributed by atoms with Gasteiger partial charge in [-0.1, -0.05) is 140 Å². The topological polar surface area (TPSA) is 45.7 Å². The Morgan fingerprint density at radius 3 is 1.30 bits per heavy atom. The van der Waals surface area contributed by atoms with E-state index in [0.717, 1.165) is 98.4 Å². The maximum absolute atomic E-state index is 6.51. The first-order valence-electron chi connectivity index (χ1n) is 23.3. The first kappa shape index (κ1) is 38.2. The molecule has 5 nitrogen and oxygen atoms in total. The third-order valence-electron chi connectivity index (χ3n) is 14.0. The van der Waals surface area contributed by atoms with Gasteiger partial charge in [-0.25, -0.2) is 4.98 Å². The molecule has 15 aromatic rings. The maximum Gasteiger partial charge on any atom is 0.139 e. The Bertz CT molecular complexity index is 4310. The summed E-state index contributed by atoms with van der Waals surface area (Å²) in [7, 11) is 0. The summed E-state index contributed by atoms with van der Waals surface area (Å²) < 4.78 is 14.2. The van der Waals surface area contributed by atoms with E-state index in [0.29, 0.717) is 0 Å². The number of hydrogen-bond acceptors (Lipinski definition) is 6. The molecule has 0 saturated heterocycles. The summed E-state index contributed by atoms with van der Waals surface area (Å²) in [4.78, 5) is 11.2. The average Bonchev–Trinajstić information content (AvgIpc) is 4.09. The molecule has 4 aromatic heterocycles. The van der Waals surface area contributed by atoms with E-state index in [-0.39, 0.29) is 0 Å². The highest BCUT2D eigenvalue weighted by Crippen LogP contribution is 2.48. The number of pyridine rings is 1. The Balaban J connectivity index is 0.933. The fourth-order valence-electron chi connectivity index (χ4n) is 10.9. The van der Waals surface area contributed by atoms with Gasteiger partial charge in [-0.05, 0) is 105 Å². The van der Waals surface area contributed by atoms with Gasteiger partial charge in [0.2, 0.25) is 0 Å². The van der Waals surface area contributed by atoms with E-state index < -0.39 is 0 Å². The van der Waals surface area contributed by atoms with Gasteiger partial charge in [-0.15, -0.1) is 11.3 Å². The van der Waals surface area contributed by atoms with E-state index in [9.17, 15) is 0 Å². The van der Waals surface area contributed by atoms with Gasteiger partial charge in [0.1, 0.15) is 33.0 Å². The van der Waals surface area contributed by atoms with Gasteiger partial charge in [-0.2, -0.15) is 0 Å². The van der Waals surface area contributed by atoms with E-state index in [2.05, 4.69) is 210 Å². The fraction of sp³-hybridized carbons (Fsp3) is 0. The Morgan fingerprint density at radius 1 is 0.304 bits per heavy atom. The molecule has 0 aliphatic heterocycles. The van der Waals surface area contributed by atoms with Crippen LogP contribution in [0.25, 0.3) is 107 Å². The van der Waals surface area contributed by atoms with Crippen LogP contribution in [0.5, 0.6) is 0 Å². The van der Waals surface area contributed by atoms with Crippen LogP contribution in [-0.2, 0) is 0 Å². The van der Waals surface area contributed by atoms with Crippen molar-refractivity contribution in [2.45, 2.75) is 0 Å². The van der Waals surface area contributed by atoms with Crippen molar-refractivity contribution < 1.29 is 8.83 Å². The lowest BCUT2D eigenvalue weighted by Crippen LogP contribution is -2.12. The second-order valence-electron chi connectivity index (χ2n) is 17.9. The van der Waals surface area contributed by atoms with Crippen molar-refractivity contribution in [3.63, 3.8) is 0 Å². The van der Waals surface area contributed by atoms with E-state index in [1.54, 1.807) is 11.3 Å². The molecule has 11 aromatic carbocycles. The number of hydrogen-bond donors (Lipinski definition) is 0. The highest BCUT2D eigenvalue weighted by Gasteiger charge is 2.23. The molecule has 0 N–H and O–H groups in total. The summed E-state index contributed by atoms with van der Waals surface area (Å²) in [5.74, 6) is 0.827. The molecule has 0 bridgehead atoms. The van der Waals surface area contributed by atoms with Crippen LogP contribution in [0, 0.1) is 0 Å². The van der Waals surface area contributed by atoms with E-state index in [1.165, 1.54) is 43.1 Å². The van der Waals surface area contributed by atoms with Crippen molar-refractivity contribution in [1.82, 2.24) is 4.98 Å². The third-order valence-corrected chi connectivity index (χ3v) is 15.1. The average molecular weight is 900 g/mol. The molecule has 6 heteroatoms. The van der Waals surface area contributed by atoms with Gasteiger partial charge in [0.05, 0.1) is 17.1 Å². The van der Waals surface area contributed by atoms with Crippen LogP contribution in [-0.4, -0.2) is 4.98 Å². The second-order valence-corrected chi connectivity index (χ2v) is 18.9. The molecule has 322 valence electrons. The van der Waals surface area contributed by atoms with Crippen LogP contribution in [0.1, 0.15) is 0 Å². The van der Waals surface area contributed by atoms with Crippen LogP contribution in [0.15, 0.2) is 233 Å². The molecule has 69 heavy (non-hydrogen) atoms. The molecule has 0 amide bonds. The molecule has 0 aliphatic carbocycles. The predicted octanol–water partition coefficient (Wildman–Crippen LogP) is 18.8. The lowest BCUT2D eigenvalue weighted by Gasteiger charge is -2.27. The summed E-state index contributed by atoms with van der Waals surface area (Å²) in [5.41, 5.74) is 8.63. The molecule has 15 rings (SSSR count). The highest BCUT2D eigenvalue weighted by molar-refractivity contribution is 7.25. The number of anilines is 6. The summed E-state index contributed by atoms with van der Waals surface area (Å²) in [6.45, 7) is 0. The van der Waals surface area contributed by atoms with Crippen molar-refractivity contribution in [2.75, 3.05) is 9.80 Å². The zero-order chi connectivity index (χ0) is 45.2. The van der Waals surface area contributed by atoms with Crippen LogP contribution in [0.3, 0.4) is 0 Å². The van der Waals surface area contributed by atoms with Crippen molar-refractivity contribution in [1.29, 1.82) is 0 Å². The van der Waals surface area contributed by atoms with Crippen molar-refractivity contribution >= 4 is 153 Å². The summed E-state index contributed by atoms with van der Waals surface area (Å²) in [6, 6.07) is 80.4. The Labute approximate surface area is 398 Å². The van der Waals surface area contributed by atoms with Crippen LogP contribution in [0.4, 0.5) is 34.3 Å². The lowest BCUT2D eigenvalue weighted by molar-refractivity contribution is 0.668. The van der Waals surface area contributed by atoms with E-state index >= 15 is 0 Å². The number of nitrogens with zero attached hydrogens (tertiary/aromatic N) is 3. The summed E-state index contributed by atoms with van der Waals surface area (Å²) in [5, 5.41) is 16.2. The predicted molar refractivity (Wildman–Crippen MR) is 291 cm³/mol. The number of furan rings is 2. The first-order chi connectivity index (χ1) is 34.2. The quantitative estimate of drug-likeness (QED) is 0.156. The zero-order valence-electron chi connectivity index (χ0n) is 36.9. The SMILES string of the molecule is c1ccc2c(c1)cc(N(c1ccc3c(c1)oc1ccccc13)c1ccc3c(c1)sc1nc(N(c4ccc5c(c4)oc4ccccc45)c4cc5ccccc5c5ccccc45)ccc13)c1ccccc12. The number of benzene rings is 11. The highest BCUT2D eigenvalue weighted by atomic mass is 32.1. The minimum Gasteiger partial charge on any atom is -0.456 e. The standard InChI is InChI=1S/C63H37N3O2S/c1-3-15-43-38(13-1)33-55(47-19-7-5-17-45(43)47)65(40-25-28-51-49-21-9-11-23-57(49)67-59(51)35-40)42-27-30-53-54-31-32-62(64-63(54)69-61(53)37-42)66(41-26-29-52-50-22-10-12-24-58(50)68-60(52)36-41)56-34-39-14-2-4-16-44(39)46-18-6-8-20-48(46)56/h1-37H. The van der Waals surface area contributed by atoms with Gasteiger partial charge in [-0.3, -0.25) is 4.90 Å². The molecule has 4 heterocycles. The number of thiophene rings is 1. The Kier molecular flexibility index (Phi) is 8.17. The first-order valence-corrected chi connectivity index (χ1v) is 24.1. The molecule has 0 radical (unpaired) electrons. The molecular formula is C63H37N3O2S. The lowest BCUT2D eigenvalue weighted by atomic mass is 9.99. The van der Waals surface area contributed by atoms with E-state index in [4.69, 9.17) is 13.8 Å². The molecule has 0 spiro atoms. The monoisotopic (exact) mass is 899 g/mol. The molecule has 0 atom stereocenters. The van der Waals surface area contributed by atoms with E-state index in [1.807, 2.05) is 24.3 Å². The maximum atomic E-state index is 6.51. The van der Waals surface area contributed by atoms with Crippen LogP contribution < -0.4 is 9.80 Å². The van der Waals surface area contributed by atoms with Gasteiger partial charge < -0.3 is 13.7 Å². The number of fused-ring (bicyclic) bond motifs is 15. The number of para-hydroxylation sites is 2. The summed E-state index contributed by atoms with van der Waals surface area (Å²) in [6.07, 6.45) is 0. The van der Waals surface area contributed by atoms with Crippen LogP contribution in [0.2, 0.25) is 0 Å². The smallest absolute Gasteiger partial charge is 0.139 e. The van der Waals surface area contributed by atoms with Gasteiger partial charge >= 0.3 is 0 Å². The molecule has 0 saturated carbocycles. The Morgan fingerprint density at radius 2 is 0.725 bits per heavy atom. The third kappa shape index (κ3) is 5.86. The largest absolute Gasteiger partial charge is 0.456 e. The normalized spacial score (nSPS) is 12.1. The number of aromatic nitrogens is 1. The van der Waals surface area contributed by atoms with Gasteiger partial charge in [0.15, 0.2) is 0 Å². The van der Waals surface area contributed by atoms with Crippen LogP contribution >= 0.6 is 11.3 Å². The molecule has 0 aliphatic rings. The summed E-state index contributed by atoms with van der Waals surface area (Å²) >= 11 is 1.73. The van der Waals surface area contributed by atoms with Gasteiger partial charge in [0.25, 0.3) is 0 Å². The second kappa shape index (κ2) is 14.8. The minimum absolute atomic E-state index is 0.827. The van der Waals surface area contributed by atoms with Crippen molar-refractivity contribution in [3.8, 4) is 0 Å². The minimum atomic E-state index is 0.827. The molecule has 0 unspecified atom stereocenters. The molecule has 0 fully saturated rings. The van der Waals surface area contributed by atoms with Gasteiger partial charge in [0, 0.05) is 71.3 Å².